The zero-order valence-corrected chi connectivity index (χ0v) is 16.4. The Hall–Kier alpha value is -1.41. The normalized spacial score (nSPS) is 18.1. The van der Waals surface area contributed by atoms with Crippen LogP contribution in [-0.4, -0.2) is 44.2 Å². The number of hydrogen-bond donors (Lipinski definition) is 0. The summed E-state index contributed by atoms with van der Waals surface area (Å²) in [5.74, 6) is -0.225. The summed E-state index contributed by atoms with van der Waals surface area (Å²) in [4.78, 5) is 16.1. The van der Waals surface area contributed by atoms with Crippen LogP contribution in [0.3, 0.4) is 0 Å². The van der Waals surface area contributed by atoms with Crippen molar-refractivity contribution >= 4 is 38.9 Å². The first-order valence-corrected chi connectivity index (χ1v) is 10.6. The lowest BCUT2D eigenvalue weighted by Crippen LogP contribution is -2.31. The highest BCUT2D eigenvalue weighted by Crippen LogP contribution is 2.36. The van der Waals surface area contributed by atoms with E-state index in [0.29, 0.717) is 6.54 Å². The summed E-state index contributed by atoms with van der Waals surface area (Å²) < 4.78 is 25.8. The van der Waals surface area contributed by atoms with E-state index in [2.05, 4.69) is 0 Å². The van der Waals surface area contributed by atoms with Gasteiger partial charge in [0.1, 0.15) is 0 Å². The molecule has 1 atom stereocenters. The zero-order chi connectivity index (χ0) is 18.2. The van der Waals surface area contributed by atoms with Gasteiger partial charge in [0.2, 0.25) is 10.0 Å². The largest absolute Gasteiger partial charge is 0.331 e. The molecule has 0 N–H and O–H groups in total. The topological polar surface area (TPSA) is 57.7 Å². The molecule has 1 aliphatic heterocycles. The molecule has 2 aromatic rings. The Kier molecular flexibility index (Phi) is 5.20. The predicted molar refractivity (Wildman–Crippen MR) is 99.7 cm³/mol. The van der Waals surface area contributed by atoms with Crippen molar-refractivity contribution in [3.63, 3.8) is 0 Å². The lowest BCUT2D eigenvalue weighted by Gasteiger charge is -2.24. The Morgan fingerprint density at radius 2 is 2.08 bits per heavy atom. The minimum Gasteiger partial charge on any atom is -0.331 e. The van der Waals surface area contributed by atoms with E-state index in [1.807, 2.05) is 17.5 Å². The molecule has 134 valence electrons. The van der Waals surface area contributed by atoms with Gasteiger partial charge in [0, 0.05) is 25.5 Å². The second-order valence-electron chi connectivity index (χ2n) is 6.10. The van der Waals surface area contributed by atoms with Crippen LogP contribution in [0.25, 0.3) is 0 Å². The van der Waals surface area contributed by atoms with Crippen LogP contribution in [0.15, 0.2) is 40.6 Å². The van der Waals surface area contributed by atoms with Crippen LogP contribution in [0.2, 0.25) is 5.02 Å². The van der Waals surface area contributed by atoms with Crippen molar-refractivity contribution in [2.24, 2.45) is 0 Å². The van der Waals surface area contributed by atoms with E-state index < -0.39 is 10.0 Å². The quantitative estimate of drug-likeness (QED) is 0.790. The first-order valence-electron chi connectivity index (χ1n) is 7.89. The molecule has 1 aromatic heterocycles. The molecule has 1 unspecified atom stereocenters. The lowest BCUT2D eigenvalue weighted by molar-refractivity contribution is 0.0738. The van der Waals surface area contributed by atoms with Crippen LogP contribution in [0.5, 0.6) is 0 Å². The number of rotatable bonds is 4. The molecule has 1 aromatic carbocycles. The smallest absolute Gasteiger partial charge is 0.255 e. The van der Waals surface area contributed by atoms with Crippen LogP contribution in [0.1, 0.15) is 34.1 Å². The third kappa shape index (κ3) is 3.46. The Morgan fingerprint density at radius 3 is 2.72 bits per heavy atom. The molecule has 1 fully saturated rings. The van der Waals surface area contributed by atoms with E-state index in [9.17, 15) is 13.2 Å². The van der Waals surface area contributed by atoms with Crippen LogP contribution >= 0.6 is 22.9 Å². The molecule has 2 heterocycles. The van der Waals surface area contributed by atoms with Crippen molar-refractivity contribution in [3.8, 4) is 0 Å². The summed E-state index contributed by atoms with van der Waals surface area (Å²) in [6.07, 6.45) is 1.82. The van der Waals surface area contributed by atoms with Crippen molar-refractivity contribution in [3.05, 3.63) is 51.2 Å². The van der Waals surface area contributed by atoms with Crippen molar-refractivity contribution in [2.75, 3.05) is 20.6 Å². The molecule has 5 nitrogen and oxygen atoms in total. The van der Waals surface area contributed by atoms with Crippen molar-refractivity contribution < 1.29 is 13.2 Å². The summed E-state index contributed by atoms with van der Waals surface area (Å²) in [7, 11) is -0.710. The van der Waals surface area contributed by atoms with Gasteiger partial charge in [-0.15, -0.1) is 11.3 Å². The minimum absolute atomic E-state index is 0.0256. The van der Waals surface area contributed by atoms with Gasteiger partial charge in [-0.05, 0) is 42.5 Å². The number of carbonyl (C=O) groups is 1. The highest BCUT2D eigenvalue weighted by Gasteiger charge is 2.32. The molecule has 0 spiro atoms. The van der Waals surface area contributed by atoms with Gasteiger partial charge in [-0.1, -0.05) is 17.7 Å². The number of carbonyl (C=O) groups excluding carboxylic acids is 1. The number of likely N-dealkylation sites (tertiary alicyclic amines) is 1. The Balaban J connectivity index is 1.97. The maximum atomic E-state index is 13.1. The third-order valence-electron chi connectivity index (χ3n) is 4.33. The lowest BCUT2D eigenvalue weighted by atomic mass is 10.1. The van der Waals surface area contributed by atoms with E-state index in [-0.39, 0.29) is 27.4 Å². The summed E-state index contributed by atoms with van der Waals surface area (Å²) >= 11 is 7.84. The van der Waals surface area contributed by atoms with E-state index in [0.717, 1.165) is 22.0 Å². The molecule has 0 saturated carbocycles. The Labute approximate surface area is 156 Å². The van der Waals surface area contributed by atoms with Gasteiger partial charge in [-0.25, -0.2) is 12.7 Å². The molecule has 0 bridgehead atoms. The number of amides is 1. The number of benzene rings is 1. The van der Waals surface area contributed by atoms with Gasteiger partial charge in [0.05, 0.1) is 21.5 Å². The van der Waals surface area contributed by atoms with Crippen molar-refractivity contribution in [1.82, 2.24) is 9.21 Å². The van der Waals surface area contributed by atoms with Crippen molar-refractivity contribution in [1.29, 1.82) is 0 Å². The monoisotopic (exact) mass is 398 g/mol. The predicted octanol–water partition coefficient (Wildman–Crippen LogP) is 3.63. The molecule has 0 aliphatic carbocycles. The molecule has 0 radical (unpaired) electrons. The van der Waals surface area contributed by atoms with Gasteiger partial charge in [-0.2, -0.15) is 0 Å². The summed E-state index contributed by atoms with van der Waals surface area (Å²) in [6, 6.07) is 8.30. The van der Waals surface area contributed by atoms with E-state index >= 15 is 0 Å². The molecule has 8 heteroatoms. The van der Waals surface area contributed by atoms with E-state index in [1.54, 1.807) is 16.2 Å². The molecule has 3 rings (SSSR count). The van der Waals surface area contributed by atoms with Crippen LogP contribution in [0, 0.1) is 0 Å². The van der Waals surface area contributed by atoms with Gasteiger partial charge < -0.3 is 4.90 Å². The minimum atomic E-state index is -3.62. The maximum absolute atomic E-state index is 13.1. The second kappa shape index (κ2) is 7.07. The van der Waals surface area contributed by atoms with Gasteiger partial charge in [-0.3, -0.25) is 4.79 Å². The third-order valence-corrected chi connectivity index (χ3v) is 7.45. The van der Waals surface area contributed by atoms with Gasteiger partial charge in [0.25, 0.3) is 5.91 Å². The zero-order valence-electron chi connectivity index (χ0n) is 14.0. The number of halogens is 1. The van der Waals surface area contributed by atoms with Crippen LogP contribution in [-0.2, 0) is 10.0 Å². The first-order chi connectivity index (χ1) is 11.8. The maximum Gasteiger partial charge on any atom is 0.255 e. The highest BCUT2D eigenvalue weighted by atomic mass is 35.5. The molecule has 1 aliphatic rings. The average molecular weight is 399 g/mol. The van der Waals surface area contributed by atoms with Crippen molar-refractivity contribution in [2.45, 2.75) is 23.8 Å². The van der Waals surface area contributed by atoms with Crippen LogP contribution < -0.4 is 0 Å². The number of hydrogen-bond acceptors (Lipinski definition) is 4. The highest BCUT2D eigenvalue weighted by molar-refractivity contribution is 7.89. The number of sulfonamides is 1. The number of nitrogens with zero attached hydrogens (tertiary/aromatic N) is 2. The summed E-state index contributed by atoms with van der Waals surface area (Å²) in [5.41, 5.74) is 0.230. The first kappa shape index (κ1) is 18.4. The molecule has 25 heavy (non-hydrogen) atoms. The van der Waals surface area contributed by atoms with E-state index in [1.165, 1.54) is 32.3 Å². The molecular formula is C17H19ClN2O3S2. The van der Waals surface area contributed by atoms with Gasteiger partial charge >= 0.3 is 0 Å². The molecular weight excluding hydrogens is 380 g/mol. The fourth-order valence-corrected chi connectivity index (χ4v) is 4.98. The average Bonchev–Trinajstić information content (AvgIpc) is 3.25. The molecule has 1 saturated heterocycles. The number of thiophene rings is 1. The standard InChI is InChI=1S/C17H19ClN2O3S2/c1-19(2)25(22,23)12-7-8-14(18)13(11-12)17(21)20-9-3-5-15(20)16-6-4-10-24-16/h4,6-8,10-11,15H,3,5,9H2,1-2H3. The molecule has 1 amide bonds. The van der Waals surface area contributed by atoms with Crippen LogP contribution in [0.4, 0.5) is 0 Å². The van der Waals surface area contributed by atoms with E-state index in [4.69, 9.17) is 11.6 Å². The fraction of sp³-hybridized carbons (Fsp3) is 0.353. The van der Waals surface area contributed by atoms with Gasteiger partial charge in [0.15, 0.2) is 0 Å². The summed E-state index contributed by atoms with van der Waals surface area (Å²) in [6.45, 7) is 0.641. The Morgan fingerprint density at radius 1 is 1.32 bits per heavy atom. The Bertz CT molecular complexity index is 879. The summed E-state index contributed by atoms with van der Waals surface area (Å²) in [5, 5.41) is 2.26. The fourth-order valence-electron chi connectivity index (χ4n) is 2.98. The SMILES string of the molecule is CN(C)S(=O)(=O)c1ccc(Cl)c(C(=O)N2CCCC2c2cccs2)c1. The second-order valence-corrected chi connectivity index (χ2v) is 9.64.